The summed E-state index contributed by atoms with van der Waals surface area (Å²) in [6.45, 7) is 1.29. The normalized spacial score (nSPS) is 16.1. The number of carbonyl (C=O) groups excluding carboxylic acids is 3. The van der Waals surface area contributed by atoms with Gasteiger partial charge in [-0.25, -0.2) is 4.39 Å². The van der Waals surface area contributed by atoms with Gasteiger partial charge in [0.1, 0.15) is 17.9 Å². The zero-order chi connectivity index (χ0) is 17.7. The molecule has 0 aromatic heterocycles. The molecule has 130 valence electrons. The Balaban J connectivity index is 2.05. The Bertz CT molecular complexity index is 631. The maximum Gasteiger partial charge on any atom is 0.243 e. The zero-order valence-electron chi connectivity index (χ0n) is 13.5. The topological polar surface area (TPSA) is 101 Å². The number of nitrogens with two attached hydrogens (primary N) is 1. The van der Waals surface area contributed by atoms with Gasteiger partial charge in [0.05, 0.1) is 0 Å². The third-order valence-corrected chi connectivity index (χ3v) is 3.95. The molecule has 1 aromatic carbocycles. The van der Waals surface area contributed by atoms with Gasteiger partial charge in [0.15, 0.2) is 0 Å². The van der Waals surface area contributed by atoms with Gasteiger partial charge in [-0.3, -0.25) is 14.4 Å². The highest BCUT2D eigenvalue weighted by molar-refractivity contribution is 5.91. The fourth-order valence-electron chi connectivity index (χ4n) is 2.56. The van der Waals surface area contributed by atoms with Gasteiger partial charge in [-0.15, -0.1) is 0 Å². The van der Waals surface area contributed by atoms with E-state index in [2.05, 4.69) is 10.6 Å². The Kier molecular flexibility index (Phi) is 5.89. The smallest absolute Gasteiger partial charge is 0.243 e. The molecule has 24 heavy (non-hydrogen) atoms. The number of rotatable bonds is 8. The van der Waals surface area contributed by atoms with Crippen LogP contribution in [-0.4, -0.2) is 29.8 Å². The summed E-state index contributed by atoms with van der Waals surface area (Å²) in [5.74, 6) is -1.49. The van der Waals surface area contributed by atoms with Crippen molar-refractivity contribution in [3.05, 3.63) is 35.6 Å². The number of hydrogen-bond donors (Lipinski definition) is 3. The van der Waals surface area contributed by atoms with Crippen LogP contribution in [0.25, 0.3) is 0 Å². The summed E-state index contributed by atoms with van der Waals surface area (Å²) in [5.41, 5.74) is 5.92. The number of carbonyl (C=O) groups is 3. The molecule has 7 heteroatoms. The van der Waals surface area contributed by atoms with Crippen molar-refractivity contribution in [2.24, 2.45) is 11.7 Å². The second-order valence-electron chi connectivity index (χ2n) is 6.23. The SMILES string of the molecule is CC(=O)N[C@H](Cc1cccc(F)c1)C(=O)N[C@H](CC1CC1)C(N)=O. The van der Waals surface area contributed by atoms with Crippen molar-refractivity contribution in [1.29, 1.82) is 0 Å². The van der Waals surface area contributed by atoms with Crippen molar-refractivity contribution in [2.45, 2.75) is 44.7 Å². The van der Waals surface area contributed by atoms with Crippen molar-refractivity contribution in [2.75, 3.05) is 0 Å². The fourth-order valence-corrected chi connectivity index (χ4v) is 2.56. The van der Waals surface area contributed by atoms with Gasteiger partial charge in [-0.2, -0.15) is 0 Å². The lowest BCUT2D eigenvalue weighted by atomic mass is 10.0. The van der Waals surface area contributed by atoms with Crippen LogP contribution < -0.4 is 16.4 Å². The zero-order valence-corrected chi connectivity index (χ0v) is 13.5. The summed E-state index contributed by atoms with van der Waals surface area (Å²) >= 11 is 0. The van der Waals surface area contributed by atoms with E-state index in [9.17, 15) is 18.8 Å². The summed E-state index contributed by atoms with van der Waals surface area (Å²) < 4.78 is 13.3. The largest absolute Gasteiger partial charge is 0.368 e. The molecule has 0 spiro atoms. The van der Waals surface area contributed by atoms with Crippen LogP contribution in [-0.2, 0) is 20.8 Å². The summed E-state index contributed by atoms with van der Waals surface area (Å²) in [7, 11) is 0. The number of primary amides is 1. The minimum Gasteiger partial charge on any atom is -0.368 e. The maximum absolute atomic E-state index is 13.3. The first-order valence-electron chi connectivity index (χ1n) is 7.96. The lowest BCUT2D eigenvalue weighted by Crippen LogP contribution is -2.53. The Hall–Kier alpha value is -2.44. The van der Waals surface area contributed by atoms with E-state index >= 15 is 0 Å². The molecule has 2 rings (SSSR count). The highest BCUT2D eigenvalue weighted by Crippen LogP contribution is 2.33. The Labute approximate surface area is 140 Å². The molecular weight excluding hydrogens is 313 g/mol. The van der Waals surface area contributed by atoms with Crippen molar-refractivity contribution in [3.63, 3.8) is 0 Å². The van der Waals surface area contributed by atoms with Gasteiger partial charge in [-0.1, -0.05) is 25.0 Å². The number of benzene rings is 1. The average molecular weight is 335 g/mol. The molecule has 4 N–H and O–H groups in total. The van der Waals surface area contributed by atoms with Crippen molar-refractivity contribution < 1.29 is 18.8 Å². The van der Waals surface area contributed by atoms with Crippen LogP contribution in [0.3, 0.4) is 0 Å². The molecular formula is C17H22FN3O3. The molecule has 2 atom stereocenters. The van der Waals surface area contributed by atoms with E-state index in [1.54, 1.807) is 6.07 Å². The summed E-state index contributed by atoms with van der Waals surface area (Å²) in [6.07, 6.45) is 2.68. The van der Waals surface area contributed by atoms with E-state index in [-0.39, 0.29) is 12.3 Å². The molecule has 1 fully saturated rings. The van der Waals surface area contributed by atoms with Gasteiger partial charge in [-0.05, 0) is 30.0 Å². The van der Waals surface area contributed by atoms with Crippen LogP contribution in [0.2, 0.25) is 0 Å². The van der Waals surface area contributed by atoms with Crippen LogP contribution in [0, 0.1) is 11.7 Å². The fraction of sp³-hybridized carbons (Fsp3) is 0.471. The van der Waals surface area contributed by atoms with E-state index in [0.29, 0.717) is 17.9 Å². The van der Waals surface area contributed by atoms with E-state index in [1.807, 2.05) is 0 Å². The van der Waals surface area contributed by atoms with E-state index in [0.717, 1.165) is 12.8 Å². The standard InChI is InChI=1S/C17H22FN3O3/c1-10(22)20-15(9-12-3-2-4-13(18)7-12)17(24)21-14(16(19)23)8-11-5-6-11/h2-4,7,11,14-15H,5-6,8-9H2,1H3,(H2,19,23)(H,20,22)(H,21,24)/t14-,15-/m1/s1. The lowest BCUT2D eigenvalue weighted by Gasteiger charge is -2.21. The molecule has 0 saturated heterocycles. The molecule has 0 bridgehead atoms. The van der Waals surface area contributed by atoms with Crippen LogP contribution in [0.15, 0.2) is 24.3 Å². The quantitative estimate of drug-likeness (QED) is 0.650. The minimum atomic E-state index is -0.898. The molecule has 0 heterocycles. The number of halogens is 1. The first kappa shape index (κ1) is 17.9. The molecule has 3 amide bonds. The number of nitrogens with one attached hydrogen (secondary N) is 2. The maximum atomic E-state index is 13.3. The Morgan fingerprint density at radius 3 is 2.50 bits per heavy atom. The van der Waals surface area contributed by atoms with Crippen molar-refractivity contribution in [1.82, 2.24) is 10.6 Å². The van der Waals surface area contributed by atoms with E-state index in [1.165, 1.54) is 25.1 Å². The number of amides is 3. The van der Waals surface area contributed by atoms with Gasteiger partial charge in [0, 0.05) is 13.3 Å². The third-order valence-electron chi connectivity index (χ3n) is 3.95. The van der Waals surface area contributed by atoms with Crippen molar-refractivity contribution >= 4 is 17.7 Å². The van der Waals surface area contributed by atoms with Crippen molar-refractivity contribution in [3.8, 4) is 0 Å². The van der Waals surface area contributed by atoms with E-state index in [4.69, 9.17) is 5.73 Å². The van der Waals surface area contributed by atoms with Gasteiger partial charge in [0.25, 0.3) is 0 Å². The van der Waals surface area contributed by atoms with Gasteiger partial charge >= 0.3 is 0 Å². The van der Waals surface area contributed by atoms with Crippen LogP contribution in [0.5, 0.6) is 0 Å². The molecule has 0 unspecified atom stereocenters. The molecule has 0 aliphatic heterocycles. The molecule has 1 aliphatic rings. The lowest BCUT2D eigenvalue weighted by molar-refractivity contribution is -0.131. The van der Waals surface area contributed by atoms with Gasteiger partial charge in [0.2, 0.25) is 17.7 Å². The minimum absolute atomic E-state index is 0.123. The molecule has 1 aromatic rings. The Morgan fingerprint density at radius 2 is 1.96 bits per heavy atom. The molecule has 1 saturated carbocycles. The van der Waals surface area contributed by atoms with E-state index < -0.39 is 29.7 Å². The van der Waals surface area contributed by atoms with Crippen LogP contribution >= 0.6 is 0 Å². The number of hydrogen-bond acceptors (Lipinski definition) is 3. The average Bonchev–Trinajstić information content (AvgIpc) is 3.29. The Morgan fingerprint density at radius 1 is 1.25 bits per heavy atom. The molecule has 1 aliphatic carbocycles. The monoisotopic (exact) mass is 335 g/mol. The second kappa shape index (κ2) is 7.90. The summed E-state index contributed by atoms with van der Waals surface area (Å²) in [4.78, 5) is 35.3. The summed E-state index contributed by atoms with van der Waals surface area (Å²) in [5, 5.41) is 5.14. The second-order valence-corrected chi connectivity index (χ2v) is 6.23. The van der Waals surface area contributed by atoms with Gasteiger partial charge < -0.3 is 16.4 Å². The third kappa shape index (κ3) is 5.64. The summed E-state index contributed by atoms with van der Waals surface area (Å²) in [6, 6.07) is 4.15. The van der Waals surface area contributed by atoms with Crippen LogP contribution in [0.4, 0.5) is 4.39 Å². The molecule has 0 radical (unpaired) electrons. The predicted octanol–water partition coefficient (Wildman–Crippen LogP) is 0.643. The highest BCUT2D eigenvalue weighted by atomic mass is 19.1. The highest BCUT2D eigenvalue weighted by Gasteiger charge is 2.31. The first-order chi connectivity index (χ1) is 11.3. The molecule has 6 nitrogen and oxygen atoms in total. The van der Waals surface area contributed by atoms with Crippen LogP contribution in [0.1, 0.15) is 31.7 Å². The first-order valence-corrected chi connectivity index (χ1v) is 7.96. The predicted molar refractivity (Wildman–Crippen MR) is 86.2 cm³/mol.